The van der Waals surface area contributed by atoms with Gasteiger partial charge in [0.15, 0.2) is 0 Å². The van der Waals surface area contributed by atoms with Crippen molar-refractivity contribution in [2.75, 3.05) is 6.54 Å². The zero-order valence-corrected chi connectivity index (χ0v) is 7.61. The Balaban J connectivity index is 0.00000121. The van der Waals surface area contributed by atoms with Crippen LogP contribution < -0.4 is 5.32 Å². The number of rotatable bonds is 3. The van der Waals surface area contributed by atoms with Gasteiger partial charge in [-0.15, -0.1) is 0 Å². The van der Waals surface area contributed by atoms with E-state index in [1.165, 1.54) is 0 Å². The monoisotopic (exact) mass is 157 g/mol. The van der Waals surface area contributed by atoms with Crippen LogP contribution in [0.15, 0.2) is 0 Å². The summed E-state index contributed by atoms with van der Waals surface area (Å²) in [5.41, 5.74) is 0.145. The molecule has 1 aliphatic rings. The van der Waals surface area contributed by atoms with Crippen molar-refractivity contribution < 1.29 is 6.22 Å². The summed E-state index contributed by atoms with van der Waals surface area (Å²) < 4.78 is 0. The molecule has 0 saturated heterocycles. The molecule has 2 heteroatoms. The second kappa shape index (κ2) is 2.59. The van der Waals surface area contributed by atoms with E-state index >= 15 is 0 Å². The zero-order chi connectivity index (χ0) is 8.54. The van der Waals surface area contributed by atoms with Crippen LogP contribution in [0.3, 0.4) is 0 Å². The summed E-state index contributed by atoms with van der Waals surface area (Å²) in [5, 5.41) is 3.34. The molecule has 0 aromatic carbocycles. The van der Waals surface area contributed by atoms with Gasteiger partial charge in [-0.1, -0.05) is 0 Å². The molecule has 0 radical (unpaired) electrons. The molecule has 1 fully saturated rings. The number of carbonyl (C=O) groups is 1. The molecule has 1 aliphatic carbocycles. The van der Waals surface area contributed by atoms with E-state index in [0.29, 0.717) is 0 Å². The van der Waals surface area contributed by atoms with Crippen molar-refractivity contribution >= 4 is 6.29 Å². The van der Waals surface area contributed by atoms with Gasteiger partial charge in [-0.05, 0) is 33.6 Å². The first-order valence-electron chi connectivity index (χ1n) is 4.19. The van der Waals surface area contributed by atoms with E-state index in [2.05, 4.69) is 26.1 Å². The highest BCUT2D eigenvalue weighted by molar-refractivity contribution is 5.63. The number of carbonyl (C=O) groups excluding carboxylic acids is 1. The van der Waals surface area contributed by atoms with Crippen molar-refractivity contribution in [3.8, 4) is 0 Å². The fourth-order valence-electron chi connectivity index (χ4n) is 0.938. The highest BCUT2D eigenvalue weighted by Gasteiger charge is 2.42. The summed E-state index contributed by atoms with van der Waals surface area (Å²) in [7, 11) is 0. The van der Waals surface area contributed by atoms with Crippen LogP contribution >= 0.6 is 0 Å². The van der Waals surface area contributed by atoms with Crippen molar-refractivity contribution in [2.24, 2.45) is 5.41 Å². The molecule has 0 amide bonds. The number of hydrogen-bond donors (Lipinski definition) is 1. The third-order valence-corrected chi connectivity index (χ3v) is 2.11. The topological polar surface area (TPSA) is 29.1 Å². The number of nitrogens with one attached hydrogen (secondary N) is 1. The maximum atomic E-state index is 10.6. The van der Waals surface area contributed by atoms with E-state index in [1.54, 1.807) is 0 Å². The lowest BCUT2D eigenvalue weighted by molar-refractivity contribution is -0.112. The first-order chi connectivity index (χ1) is 4.97. The Morgan fingerprint density at radius 1 is 1.55 bits per heavy atom. The van der Waals surface area contributed by atoms with Gasteiger partial charge in [0.25, 0.3) is 0 Å². The van der Waals surface area contributed by atoms with Crippen LogP contribution in [0, 0.1) is 5.41 Å². The first kappa shape index (κ1) is 8.72. The Hall–Kier alpha value is -0.370. The molecular weight excluding hydrogens is 138 g/mol. The molecule has 0 unspecified atom stereocenters. The molecule has 0 aromatic heterocycles. The third kappa shape index (κ3) is 2.62. The average molecular weight is 157 g/mol. The summed E-state index contributed by atoms with van der Waals surface area (Å²) in [6.45, 7) is 7.20. The minimum Gasteiger partial charge on any atom is -0.311 e. The van der Waals surface area contributed by atoms with Crippen LogP contribution in [0.2, 0.25) is 0 Å². The van der Waals surface area contributed by atoms with Gasteiger partial charge in [0.2, 0.25) is 0 Å². The van der Waals surface area contributed by atoms with E-state index in [-0.39, 0.29) is 12.4 Å². The average Bonchev–Trinajstić information content (AvgIpc) is 2.63. The van der Waals surface area contributed by atoms with E-state index in [9.17, 15) is 4.79 Å². The van der Waals surface area contributed by atoms with Crippen LogP contribution in [0.25, 0.3) is 0 Å². The second-order valence-corrected chi connectivity index (χ2v) is 4.58. The van der Waals surface area contributed by atoms with Gasteiger partial charge in [0.1, 0.15) is 6.29 Å². The lowest BCUT2D eigenvalue weighted by atomic mass is 10.1. The molecule has 11 heavy (non-hydrogen) atoms. The molecule has 2 nitrogen and oxygen atoms in total. The Bertz CT molecular complexity index is 158. The Labute approximate surface area is 69.8 Å². The van der Waals surface area contributed by atoms with Crippen LogP contribution in [-0.4, -0.2) is 18.4 Å². The lowest BCUT2D eigenvalue weighted by Gasteiger charge is -2.22. The molecule has 0 aliphatic heterocycles. The predicted molar refractivity (Wildman–Crippen MR) is 47.6 cm³/mol. The fourth-order valence-corrected chi connectivity index (χ4v) is 0.938. The molecule has 1 N–H and O–H groups in total. The lowest BCUT2D eigenvalue weighted by Crippen LogP contribution is -2.40. The van der Waals surface area contributed by atoms with Gasteiger partial charge in [-0.3, -0.25) is 0 Å². The van der Waals surface area contributed by atoms with Crippen molar-refractivity contribution in [3.63, 3.8) is 0 Å². The summed E-state index contributed by atoms with van der Waals surface area (Å²) >= 11 is 0. The predicted octanol–water partition coefficient (Wildman–Crippen LogP) is 1.60. The maximum absolute atomic E-state index is 10.6. The smallest absolute Gasteiger partial charge is 0.127 e. The summed E-state index contributed by atoms with van der Waals surface area (Å²) in [6, 6.07) is 0. The van der Waals surface area contributed by atoms with Crippen LogP contribution in [-0.2, 0) is 4.79 Å². The van der Waals surface area contributed by atoms with Gasteiger partial charge < -0.3 is 10.1 Å². The molecule has 1 rings (SSSR count). The fraction of sp³-hybridized carbons (Fsp3) is 0.889. The molecule has 0 bridgehead atoms. The SMILES string of the molecule is CC(C)(C)NCC1(C=O)CC1.[HH]. The van der Waals surface area contributed by atoms with Crippen molar-refractivity contribution in [1.82, 2.24) is 5.32 Å². The Morgan fingerprint density at radius 2 is 2.09 bits per heavy atom. The summed E-state index contributed by atoms with van der Waals surface area (Å²) in [5.74, 6) is 0. The van der Waals surface area contributed by atoms with E-state index in [4.69, 9.17) is 0 Å². The van der Waals surface area contributed by atoms with Crippen LogP contribution in [0.4, 0.5) is 0 Å². The van der Waals surface area contributed by atoms with E-state index in [0.717, 1.165) is 25.7 Å². The van der Waals surface area contributed by atoms with Gasteiger partial charge in [0.05, 0.1) is 0 Å². The largest absolute Gasteiger partial charge is 0.311 e. The van der Waals surface area contributed by atoms with Crippen LogP contribution in [0.5, 0.6) is 0 Å². The highest BCUT2D eigenvalue weighted by Crippen LogP contribution is 2.42. The highest BCUT2D eigenvalue weighted by atomic mass is 16.1. The Kier molecular flexibility index (Phi) is 2.06. The summed E-state index contributed by atoms with van der Waals surface area (Å²) in [4.78, 5) is 10.6. The molecule has 0 spiro atoms. The van der Waals surface area contributed by atoms with Crippen molar-refractivity contribution in [1.29, 1.82) is 0 Å². The first-order valence-corrected chi connectivity index (χ1v) is 4.19. The van der Waals surface area contributed by atoms with E-state index < -0.39 is 0 Å². The van der Waals surface area contributed by atoms with Crippen molar-refractivity contribution in [2.45, 2.75) is 39.2 Å². The Morgan fingerprint density at radius 3 is 2.36 bits per heavy atom. The zero-order valence-electron chi connectivity index (χ0n) is 7.61. The van der Waals surface area contributed by atoms with Gasteiger partial charge in [0, 0.05) is 18.9 Å². The van der Waals surface area contributed by atoms with Gasteiger partial charge in [-0.25, -0.2) is 0 Å². The summed E-state index contributed by atoms with van der Waals surface area (Å²) in [6.07, 6.45) is 3.24. The van der Waals surface area contributed by atoms with Crippen LogP contribution in [0.1, 0.15) is 35.0 Å². The minimum absolute atomic E-state index is 0. The molecular formula is C9H19NO. The number of aldehydes is 1. The molecule has 66 valence electrons. The molecule has 0 atom stereocenters. The molecule has 0 heterocycles. The second-order valence-electron chi connectivity index (χ2n) is 4.58. The van der Waals surface area contributed by atoms with Crippen molar-refractivity contribution in [3.05, 3.63) is 0 Å². The molecule has 0 aromatic rings. The maximum Gasteiger partial charge on any atom is 0.127 e. The van der Waals surface area contributed by atoms with Gasteiger partial charge in [-0.2, -0.15) is 0 Å². The molecule has 1 saturated carbocycles. The minimum atomic E-state index is 0. The number of hydrogen-bond acceptors (Lipinski definition) is 2. The third-order valence-electron chi connectivity index (χ3n) is 2.11. The standard InChI is InChI=1S/C9H17NO.H2/c1-8(2,3)10-6-9(7-11)4-5-9;/h7,10H,4-6H2,1-3H3;1H. The quantitative estimate of drug-likeness (QED) is 0.630. The van der Waals surface area contributed by atoms with Gasteiger partial charge >= 0.3 is 0 Å². The normalized spacial score (nSPS) is 21.4. The van der Waals surface area contributed by atoms with E-state index in [1.807, 2.05) is 0 Å².